The van der Waals surface area contributed by atoms with Crippen LogP contribution in [0.4, 0.5) is 5.82 Å². The Hall–Kier alpha value is -3.09. The van der Waals surface area contributed by atoms with E-state index in [2.05, 4.69) is 20.2 Å². The lowest BCUT2D eigenvalue weighted by molar-refractivity contribution is -0.116. The molecule has 7 nitrogen and oxygen atoms in total. The summed E-state index contributed by atoms with van der Waals surface area (Å²) in [5.41, 5.74) is 0.929. The van der Waals surface area contributed by atoms with Crippen molar-refractivity contribution in [1.82, 2.24) is 15.3 Å². The van der Waals surface area contributed by atoms with Crippen molar-refractivity contribution in [2.75, 3.05) is 38.3 Å². The topological polar surface area (TPSA) is 76.6 Å². The van der Waals surface area contributed by atoms with Crippen molar-refractivity contribution in [3.63, 3.8) is 0 Å². The van der Waals surface area contributed by atoms with E-state index in [9.17, 15) is 4.79 Å². The minimum absolute atomic E-state index is 0.170. The molecule has 3 rings (SSSR count). The van der Waals surface area contributed by atoms with E-state index in [1.807, 2.05) is 37.3 Å². The predicted molar refractivity (Wildman–Crippen MR) is 109 cm³/mol. The number of aryl methyl sites for hydroxylation is 1. The molecular formula is C21H26N4O3. The fraction of sp³-hybridized carbons (Fsp3) is 0.381. The van der Waals surface area contributed by atoms with Crippen LogP contribution in [0.3, 0.4) is 0 Å². The number of nitrogens with one attached hydrogen (secondary N) is 1. The second-order valence-corrected chi connectivity index (χ2v) is 6.55. The predicted octanol–water partition coefficient (Wildman–Crippen LogP) is 2.60. The molecule has 0 aliphatic carbocycles. The van der Waals surface area contributed by atoms with Gasteiger partial charge in [0.1, 0.15) is 24.0 Å². The van der Waals surface area contributed by atoms with Gasteiger partial charge in [0.25, 0.3) is 0 Å². The van der Waals surface area contributed by atoms with Gasteiger partial charge in [0.2, 0.25) is 11.8 Å². The summed E-state index contributed by atoms with van der Waals surface area (Å²) in [6, 6.07) is 9.35. The molecule has 2 heterocycles. The number of ether oxygens (including phenoxy) is 2. The monoisotopic (exact) mass is 382 g/mol. The van der Waals surface area contributed by atoms with Gasteiger partial charge in [-0.05, 0) is 43.5 Å². The lowest BCUT2D eigenvalue weighted by atomic mass is 10.2. The summed E-state index contributed by atoms with van der Waals surface area (Å²) >= 11 is 0. The highest BCUT2D eigenvalue weighted by Crippen LogP contribution is 2.21. The lowest BCUT2D eigenvalue weighted by Crippen LogP contribution is -2.26. The molecular weight excluding hydrogens is 356 g/mol. The second kappa shape index (κ2) is 9.73. The first-order valence-corrected chi connectivity index (χ1v) is 9.47. The van der Waals surface area contributed by atoms with Crippen molar-refractivity contribution in [1.29, 1.82) is 0 Å². The molecule has 28 heavy (non-hydrogen) atoms. The summed E-state index contributed by atoms with van der Waals surface area (Å²) in [5.74, 6) is 2.75. The number of methoxy groups -OCH3 is 1. The molecule has 1 aliphatic heterocycles. The van der Waals surface area contributed by atoms with Gasteiger partial charge in [0, 0.05) is 25.2 Å². The molecule has 1 fully saturated rings. The number of nitrogens with zero attached hydrogens (tertiary/aromatic N) is 3. The van der Waals surface area contributed by atoms with E-state index in [1.165, 1.54) is 18.9 Å². The third-order valence-electron chi connectivity index (χ3n) is 4.43. The van der Waals surface area contributed by atoms with Crippen LogP contribution >= 0.6 is 0 Å². The van der Waals surface area contributed by atoms with Crippen molar-refractivity contribution in [2.45, 2.75) is 19.8 Å². The molecule has 1 saturated heterocycles. The quantitative estimate of drug-likeness (QED) is 0.559. The largest absolute Gasteiger partial charge is 0.497 e. The van der Waals surface area contributed by atoms with E-state index < -0.39 is 0 Å². The van der Waals surface area contributed by atoms with Crippen LogP contribution in [0.5, 0.6) is 11.6 Å². The maximum Gasteiger partial charge on any atom is 0.244 e. The van der Waals surface area contributed by atoms with Gasteiger partial charge in [-0.25, -0.2) is 4.98 Å². The van der Waals surface area contributed by atoms with Crippen LogP contribution in [0.2, 0.25) is 0 Å². The molecule has 2 aromatic rings. The van der Waals surface area contributed by atoms with Crippen molar-refractivity contribution in [3.8, 4) is 11.6 Å². The van der Waals surface area contributed by atoms with Crippen LogP contribution in [-0.2, 0) is 4.79 Å². The Kier molecular flexibility index (Phi) is 6.84. The first kappa shape index (κ1) is 19.7. The molecule has 148 valence electrons. The Labute approximate surface area is 165 Å². The zero-order chi connectivity index (χ0) is 19.8. The van der Waals surface area contributed by atoms with Gasteiger partial charge < -0.3 is 19.7 Å². The molecule has 1 N–H and O–H groups in total. The van der Waals surface area contributed by atoms with E-state index in [4.69, 9.17) is 9.47 Å². The summed E-state index contributed by atoms with van der Waals surface area (Å²) < 4.78 is 10.8. The van der Waals surface area contributed by atoms with E-state index >= 15 is 0 Å². The minimum atomic E-state index is -0.170. The zero-order valence-corrected chi connectivity index (χ0v) is 16.4. The fourth-order valence-electron chi connectivity index (χ4n) is 2.98. The third kappa shape index (κ3) is 5.70. The number of amides is 1. The summed E-state index contributed by atoms with van der Waals surface area (Å²) in [4.78, 5) is 23.0. The zero-order valence-electron chi connectivity index (χ0n) is 16.4. The highest BCUT2D eigenvalue weighted by molar-refractivity contribution is 5.91. The highest BCUT2D eigenvalue weighted by atomic mass is 16.5. The number of carbonyl (C=O) groups excluding carboxylic acids is 1. The van der Waals surface area contributed by atoms with Crippen molar-refractivity contribution in [3.05, 3.63) is 47.8 Å². The average Bonchev–Trinajstić information content (AvgIpc) is 3.25. The number of anilines is 1. The summed E-state index contributed by atoms with van der Waals surface area (Å²) in [6.07, 6.45) is 5.64. The third-order valence-corrected chi connectivity index (χ3v) is 4.43. The van der Waals surface area contributed by atoms with E-state index in [-0.39, 0.29) is 5.91 Å². The summed E-state index contributed by atoms with van der Waals surface area (Å²) in [7, 11) is 1.62. The average molecular weight is 382 g/mol. The standard InChI is InChI=1S/C21H26N4O3/c1-16-23-19(25-12-3-4-13-25)15-21(24-16)28-14-11-22-20(26)10-7-17-5-8-18(27-2)9-6-17/h5-10,15H,3-4,11-14H2,1-2H3,(H,22,26). The van der Waals surface area contributed by atoms with Crippen LogP contribution < -0.4 is 19.7 Å². The molecule has 1 aliphatic rings. The van der Waals surface area contributed by atoms with E-state index in [0.717, 1.165) is 30.2 Å². The molecule has 1 aromatic carbocycles. The first-order chi connectivity index (χ1) is 13.6. The van der Waals surface area contributed by atoms with E-state index in [0.29, 0.717) is 24.9 Å². The smallest absolute Gasteiger partial charge is 0.244 e. The molecule has 0 saturated carbocycles. The van der Waals surface area contributed by atoms with Gasteiger partial charge in [-0.2, -0.15) is 4.98 Å². The fourth-order valence-corrected chi connectivity index (χ4v) is 2.98. The number of hydrogen-bond donors (Lipinski definition) is 1. The number of hydrogen-bond acceptors (Lipinski definition) is 6. The molecule has 1 aromatic heterocycles. The van der Waals surface area contributed by atoms with Gasteiger partial charge in [0.05, 0.1) is 13.7 Å². The molecule has 0 spiro atoms. The Balaban J connectivity index is 1.43. The van der Waals surface area contributed by atoms with Crippen LogP contribution in [0.15, 0.2) is 36.4 Å². The number of aromatic nitrogens is 2. The van der Waals surface area contributed by atoms with Crippen molar-refractivity contribution < 1.29 is 14.3 Å². The van der Waals surface area contributed by atoms with Crippen LogP contribution in [-0.4, -0.2) is 49.2 Å². The number of rotatable bonds is 8. The van der Waals surface area contributed by atoms with E-state index in [1.54, 1.807) is 13.2 Å². The van der Waals surface area contributed by atoms with Gasteiger partial charge in [-0.15, -0.1) is 0 Å². The maximum atomic E-state index is 11.9. The van der Waals surface area contributed by atoms with Gasteiger partial charge >= 0.3 is 0 Å². The lowest BCUT2D eigenvalue weighted by Gasteiger charge is -2.17. The van der Waals surface area contributed by atoms with Gasteiger partial charge in [-0.1, -0.05) is 12.1 Å². The maximum absolute atomic E-state index is 11.9. The SMILES string of the molecule is COc1ccc(C=CC(=O)NCCOc2cc(N3CCCC3)nc(C)n2)cc1. The number of carbonyl (C=O) groups is 1. The molecule has 7 heteroatoms. The second-order valence-electron chi connectivity index (χ2n) is 6.55. The Morgan fingerprint density at radius 1 is 1.21 bits per heavy atom. The van der Waals surface area contributed by atoms with Gasteiger partial charge in [-0.3, -0.25) is 4.79 Å². The molecule has 1 amide bonds. The highest BCUT2D eigenvalue weighted by Gasteiger charge is 2.15. The van der Waals surface area contributed by atoms with Crippen molar-refractivity contribution >= 4 is 17.8 Å². The first-order valence-electron chi connectivity index (χ1n) is 9.47. The normalized spacial score (nSPS) is 13.7. The Bertz CT molecular complexity index is 815. The minimum Gasteiger partial charge on any atom is -0.497 e. The molecule has 0 bridgehead atoms. The van der Waals surface area contributed by atoms with Crippen LogP contribution in [0, 0.1) is 6.92 Å². The number of benzene rings is 1. The van der Waals surface area contributed by atoms with Crippen molar-refractivity contribution in [2.24, 2.45) is 0 Å². The Morgan fingerprint density at radius 2 is 1.96 bits per heavy atom. The molecule has 0 unspecified atom stereocenters. The Morgan fingerprint density at radius 3 is 2.68 bits per heavy atom. The van der Waals surface area contributed by atoms with Gasteiger partial charge in [0.15, 0.2) is 0 Å². The van der Waals surface area contributed by atoms with Crippen LogP contribution in [0.25, 0.3) is 6.08 Å². The summed E-state index contributed by atoms with van der Waals surface area (Å²) in [6.45, 7) is 4.64. The summed E-state index contributed by atoms with van der Waals surface area (Å²) in [5, 5.41) is 2.80. The molecule has 0 atom stereocenters. The molecule has 0 radical (unpaired) electrons. The van der Waals surface area contributed by atoms with Crippen LogP contribution in [0.1, 0.15) is 24.2 Å².